The molecule has 3 rings (SSSR count). The first-order valence-corrected chi connectivity index (χ1v) is 10.3. The second kappa shape index (κ2) is 10.6. The van der Waals surface area contributed by atoms with E-state index >= 15 is 0 Å². The second-order valence-electron chi connectivity index (χ2n) is 7.09. The summed E-state index contributed by atoms with van der Waals surface area (Å²) in [6.07, 6.45) is -0.609. The molecule has 0 aliphatic carbocycles. The Morgan fingerprint density at radius 3 is 2.20 bits per heavy atom. The van der Waals surface area contributed by atoms with Gasteiger partial charge in [0.1, 0.15) is 18.5 Å². The molecule has 0 bridgehead atoms. The number of nitrogens with zero attached hydrogens (tertiary/aromatic N) is 2. The molecule has 8 heteroatoms. The fourth-order valence-corrected chi connectivity index (χ4v) is 3.73. The van der Waals surface area contributed by atoms with E-state index in [0.29, 0.717) is 29.5 Å². The van der Waals surface area contributed by atoms with Gasteiger partial charge in [-0.2, -0.15) is 0 Å². The highest BCUT2D eigenvalue weighted by Crippen LogP contribution is 2.40. The summed E-state index contributed by atoms with van der Waals surface area (Å²) in [5.74, 6) is 2.08. The number of aliphatic hydroxyl groups excluding tert-OH is 1. The molecule has 1 N–H and O–H groups in total. The summed E-state index contributed by atoms with van der Waals surface area (Å²) < 4.78 is 21.8. The van der Waals surface area contributed by atoms with Crippen LogP contribution in [0.3, 0.4) is 0 Å². The molecule has 2 aromatic carbocycles. The largest absolute Gasteiger partial charge is 0.493 e. The third kappa shape index (κ3) is 5.62. The third-order valence-electron chi connectivity index (χ3n) is 5.10. The molecule has 1 unspecified atom stereocenters. The molecule has 1 atom stereocenters. The van der Waals surface area contributed by atoms with Crippen molar-refractivity contribution in [2.24, 2.45) is 0 Å². The first-order chi connectivity index (χ1) is 14.5. The van der Waals surface area contributed by atoms with Gasteiger partial charge in [-0.15, -0.1) is 0 Å². The Bertz CT molecular complexity index is 802. The number of methoxy groups -OCH3 is 3. The van der Waals surface area contributed by atoms with Crippen molar-refractivity contribution in [1.82, 2.24) is 4.90 Å². The van der Waals surface area contributed by atoms with Crippen LogP contribution in [0, 0.1) is 0 Å². The third-order valence-corrected chi connectivity index (χ3v) is 5.33. The quantitative estimate of drug-likeness (QED) is 0.648. The molecule has 7 nitrogen and oxygen atoms in total. The lowest BCUT2D eigenvalue weighted by atomic mass is 10.2. The van der Waals surface area contributed by atoms with E-state index < -0.39 is 6.10 Å². The fraction of sp³-hybridized carbons (Fsp3) is 0.455. The van der Waals surface area contributed by atoms with Gasteiger partial charge in [0.05, 0.1) is 21.3 Å². The predicted molar refractivity (Wildman–Crippen MR) is 118 cm³/mol. The van der Waals surface area contributed by atoms with Crippen LogP contribution in [0.15, 0.2) is 36.4 Å². The van der Waals surface area contributed by atoms with Crippen LogP contribution in [0.25, 0.3) is 0 Å². The Hall–Kier alpha value is -2.35. The number of β-amino-alcohol motifs (C(OH)–C–C–N with tert-alkyl or cyclic N) is 1. The van der Waals surface area contributed by atoms with Gasteiger partial charge in [-0.1, -0.05) is 17.7 Å². The summed E-state index contributed by atoms with van der Waals surface area (Å²) >= 11 is 6.10. The predicted octanol–water partition coefficient (Wildman–Crippen LogP) is 2.93. The molecule has 0 saturated carbocycles. The van der Waals surface area contributed by atoms with Crippen molar-refractivity contribution in [2.75, 3.05) is 65.6 Å². The van der Waals surface area contributed by atoms with E-state index in [9.17, 15) is 5.11 Å². The number of rotatable bonds is 9. The van der Waals surface area contributed by atoms with Crippen molar-refractivity contribution >= 4 is 17.3 Å². The topological polar surface area (TPSA) is 63.6 Å². The molecule has 0 aromatic heterocycles. The van der Waals surface area contributed by atoms with Gasteiger partial charge >= 0.3 is 0 Å². The van der Waals surface area contributed by atoms with E-state index in [4.69, 9.17) is 30.5 Å². The monoisotopic (exact) mass is 436 g/mol. The summed E-state index contributed by atoms with van der Waals surface area (Å²) in [5, 5.41) is 11.2. The highest BCUT2D eigenvalue weighted by molar-refractivity contribution is 6.30. The number of anilines is 1. The lowest BCUT2D eigenvalue weighted by molar-refractivity contribution is 0.0661. The summed E-state index contributed by atoms with van der Waals surface area (Å²) in [5.41, 5.74) is 1.13. The normalized spacial score (nSPS) is 15.6. The molecule has 164 valence electrons. The molecular formula is C22H29ClN2O5. The van der Waals surface area contributed by atoms with E-state index in [1.165, 1.54) is 0 Å². The van der Waals surface area contributed by atoms with Crippen molar-refractivity contribution in [2.45, 2.75) is 6.10 Å². The maximum atomic E-state index is 10.5. The van der Waals surface area contributed by atoms with Gasteiger partial charge in [0.15, 0.2) is 11.5 Å². The van der Waals surface area contributed by atoms with Crippen molar-refractivity contribution < 1.29 is 24.1 Å². The maximum absolute atomic E-state index is 10.5. The number of aliphatic hydroxyl groups is 1. The number of hydrogen-bond acceptors (Lipinski definition) is 7. The van der Waals surface area contributed by atoms with E-state index in [1.54, 1.807) is 33.5 Å². The van der Waals surface area contributed by atoms with Crippen LogP contribution < -0.4 is 23.8 Å². The first kappa shape index (κ1) is 22.3. The summed E-state index contributed by atoms with van der Waals surface area (Å²) in [6.45, 7) is 4.24. The van der Waals surface area contributed by atoms with Gasteiger partial charge < -0.3 is 29.0 Å². The minimum absolute atomic E-state index is 0.174. The van der Waals surface area contributed by atoms with Gasteiger partial charge in [-0.3, -0.25) is 4.90 Å². The molecule has 1 saturated heterocycles. The molecule has 30 heavy (non-hydrogen) atoms. The number of piperazine rings is 1. The van der Waals surface area contributed by atoms with Crippen LogP contribution in [0.1, 0.15) is 0 Å². The average molecular weight is 437 g/mol. The first-order valence-electron chi connectivity index (χ1n) is 9.87. The number of ether oxygens (including phenoxy) is 4. The van der Waals surface area contributed by atoms with E-state index in [-0.39, 0.29) is 6.61 Å². The maximum Gasteiger partial charge on any atom is 0.203 e. The SMILES string of the molecule is COc1cc(OCC(O)CN2CCN(c3cccc(Cl)c3)CC2)cc(OC)c1OC. The zero-order valence-corrected chi connectivity index (χ0v) is 18.4. The minimum atomic E-state index is -0.609. The smallest absolute Gasteiger partial charge is 0.203 e. The number of halogens is 1. The van der Waals surface area contributed by atoms with E-state index in [2.05, 4.69) is 15.9 Å². The molecule has 0 radical (unpaired) electrons. The van der Waals surface area contributed by atoms with Crippen LogP contribution in [0.4, 0.5) is 5.69 Å². The van der Waals surface area contributed by atoms with Gasteiger partial charge in [-0.25, -0.2) is 0 Å². The van der Waals surface area contributed by atoms with Crippen LogP contribution >= 0.6 is 11.6 Å². The number of hydrogen-bond donors (Lipinski definition) is 1. The lowest BCUT2D eigenvalue weighted by Gasteiger charge is -2.36. The van der Waals surface area contributed by atoms with Crippen molar-refractivity contribution in [3.8, 4) is 23.0 Å². The highest BCUT2D eigenvalue weighted by Gasteiger charge is 2.20. The molecule has 1 fully saturated rings. The second-order valence-corrected chi connectivity index (χ2v) is 7.53. The highest BCUT2D eigenvalue weighted by atomic mass is 35.5. The van der Waals surface area contributed by atoms with Crippen molar-refractivity contribution in [1.29, 1.82) is 0 Å². The molecule has 2 aromatic rings. The summed E-state index contributed by atoms with van der Waals surface area (Å²) in [4.78, 5) is 4.55. The fourth-order valence-electron chi connectivity index (χ4n) is 3.54. The van der Waals surface area contributed by atoms with Crippen molar-refractivity contribution in [3.63, 3.8) is 0 Å². The van der Waals surface area contributed by atoms with Crippen molar-refractivity contribution in [3.05, 3.63) is 41.4 Å². The molecule has 1 heterocycles. The Morgan fingerprint density at radius 1 is 0.967 bits per heavy atom. The molecule has 0 spiro atoms. The zero-order chi connectivity index (χ0) is 21.5. The van der Waals surface area contributed by atoms with Gasteiger partial charge in [0.25, 0.3) is 0 Å². The molecule has 1 aliphatic rings. The summed E-state index contributed by atoms with van der Waals surface area (Å²) in [6, 6.07) is 11.3. The lowest BCUT2D eigenvalue weighted by Crippen LogP contribution is -2.49. The Balaban J connectivity index is 1.49. The molecular weight excluding hydrogens is 408 g/mol. The Kier molecular flexibility index (Phi) is 7.90. The van der Waals surface area contributed by atoms with Crippen LogP contribution in [-0.2, 0) is 0 Å². The Morgan fingerprint density at radius 2 is 1.63 bits per heavy atom. The standard InChI is InChI=1S/C22H29ClN2O5/c1-27-20-12-19(13-21(28-2)22(20)29-3)30-15-18(26)14-24-7-9-25(10-8-24)17-6-4-5-16(23)11-17/h4-6,11-13,18,26H,7-10,14-15H2,1-3H3. The van der Waals surface area contributed by atoms with E-state index in [1.807, 2.05) is 18.2 Å². The zero-order valence-electron chi connectivity index (χ0n) is 17.6. The van der Waals surface area contributed by atoms with Crippen LogP contribution in [-0.4, -0.2) is 76.8 Å². The average Bonchev–Trinajstić information content (AvgIpc) is 2.77. The van der Waals surface area contributed by atoms with Crippen LogP contribution in [0.2, 0.25) is 5.02 Å². The summed E-state index contributed by atoms with van der Waals surface area (Å²) in [7, 11) is 4.66. The molecule has 0 amide bonds. The number of benzene rings is 2. The van der Waals surface area contributed by atoms with Gasteiger partial charge in [0, 0.05) is 55.6 Å². The van der Waals surface area contributed by atoms with Crippen LogP contribution in [0.5, 0.6) is 23.0 Å². The van der Waals surface area contributed by atoms with Gasteiger partial charge in [-0.05, 0) is 18.2 Å². The van der Waals surface area contributed by atoms with Gasteiger partial charge in [0.2, 0.25) is 5.75 Å². The Labute approximate surface area is 182 Å². The minimum Gasteiger partial charge on any atom is -0.493 e. The van der Waals surface area contributed by atoms with E-state index in [0.717, 1.165) is 36.9 Å². The molecule has 1 aliphatic heterocycles.